The second kappa shape index (κ2) is 10.4. The summed E-state index contributed by atoms with van der Waals surface area (Å²) < 4.78 is 25.2. The molecule has 162 valence electrons. The third-order valence-electron chi connectivity index (χ3n) is 4.44. The molecule has 0 unspecified atom stereocenters. The van der Waals surface area contributed by atoms with Crippen LogP contribution in [0.1, 0.15) is 5.56 Å². The van der Waals surface area contributed by atoms with E-state index in [4.69, 9.17) is 10.4 Å². The van der Waals surface area contributed by atoms with E-state index in [-0.39, 0.29) is 38.5 Å². The van der Waals surface area contributed by atoms with Crippen molar-refractivity contribution in [3.8, 4) is 6.07 Å². The van der Waals surface area contributed by atoms with E-state index in [1.54, 1.807) is 36.4 Å². The summed E-state index contributed by atoms with van der Waals surface area (Å²) in [4.78, 5) is 38.3. The Morgan fingerprint density at radius 2 is 1.70 bits per heavy atom. The predicted octanol–water partition coefficient (Wildman–Crippen LogP) is -0.385. The molecule has 0 aliphatic carbocycles. The first kappa shape index (κ1) is 23.0. The Bertz CT molecular complexity index is 907. The van der Waals surface area contributed by atoms with E-state index < -0.39 is 39.7 Å². The average Bonchev–Trinajstić information content (AvgIpc) is 2.71. The lowest BCUT2D eigenvalue weighted by Gasteiger charge is -2.33. The first-order valence-corrected chi connectivity index (χ1v) is 11.0. The maximum atomic E-state index is 12.6. The molecule has 12 heteroatoms. The number of nitriles is 1. The van der Waals surface area contributed by atoms with Crippen LogP contribution in [0.4, 0.5) is 9.59 Å². The maximum absolute atomic E-state index is 12.6. The summed E-state index contributed by atoms with van der Waals surface area (Å²) >= 11 is 0. The van der Waals surface area contributed by atoms with Gasteiger partial charge in [0.2, 0.25) is 5.91 Å². The fraction of sp³-hybridized carbons (Fsp3) is 0.444. The Morgan fingerprint density at radius 1 is 1.10 bits per heavy atom. The molecule has 0 bridgehead atoms. The Kier molecular flexibility index (Phi) is 7.99. The van der Waals surface area contributed by atoms with Crippen LogP contribution in [0, 0.1) is 11.3 Å². The van der Waals surface area contributed by atoms with E-state index in [1.165, 1.54) is 4.90 Å². The van der Waals surface area contributed by atoms with Crippen LogP contribution in [0.25, 0.3) is 0 Å². The van der Waals surface area contributed by atoms with Crippen molar-refractivity contribution < 1.29 is 27.9 Å². The fourth-order valence-electron chi connectivity index (χ4n) is 2.91. The standard InChI is InChI=1S/C18H23N5O6S/c19-6-7-20-16(24)15(13-30(28,29)12-14-4-2-1-3-5-14)21-17(25)22-8-10-23(11-9-22)18(26)27/h1-5,15H,7-13H2,(H,20,24)(H,21,25)(H,26,27)/t15-/m0/s1. The zero-order valence-corrected chi connectivity index (χ0v) is 17.0. The fourth-order valence-corrected chi connectivity index (χ4v) is 4.48. The minimum atomic E-state index is -3.76. The van der Waals surface area contributed by atoms with Crippen molar-refractivity contribution in [3.05, 3.63) is 35.9 Å². The monoisotopic (exact) mass is 437 g/mol. The Hall–Kier alpha value is -3.33. The van der Waals surface area contributed by atoms with Gasteiger partial charge in [0, 0.05) is 26.2 Å². The number of rotatable bonds is 7. The van der Waals surface area contributed by atoms with Crippen molar-refractivity contribution in [2.24, 2.45) is 0 Å². The van der Waals surface area contributed by atoms with Gasteiger partial charge < -0.3 is 25.5 Å². The number of carbonyl (C=O) groups excluding carboxylic acids is 2. The molecule has 2 rings (SSSR count). The molecule has 3 N–H and O–H groups in total. The largest absolute Gasteiger partial charge is 0.465 e. The number of hydrogen-bond donors (Lipinski definition) is 3. The van der Waals surface area contributed by atoms with Gasteiger partial charge in [0.15, 0.2) is 9.84 Å². The summed E-state index contributed by atoms with van der Waals surface area (Å²) in [6, 6.07) is 8.08. The van der Waals surface area contributed by atoms with E-state index in [2.05, 4.69) is 10.6 Å². The second-order valence-electron chi connectivity index (χ2n) is 6.67. The molecule has 1 aliphatic heterocycles. The maximum Gasteiger partial charge on any atom is 0.407 e. The molecule has 1 atom stereocenters. The Balaban J connectivity index is 2.05. The van der Waals surface area contributed by atoms with Crippen molar-refractivity contribution in [3.63, 3.8) is 0 Å². The lowest BCUT2D eigenvalue weighted by atomic mass is 10.2. The molecule has 1 aromatic carbocycles. The van der Waals surface area contributed by atoms with Crippen LogP contribution in [-0.2, 0) is 20.4 Å². The smallest absolute Gasteiger partial charge is 0.407 e. The minimum Gasteiger partial charge on any atom is -0.465 e. The van der Waals surface area contributed by atoms with Gasteiger partial charge in [0.25, 0.3) is 0 Å². The second-order valence-corrected chi connectivity index (χ2v) is 8.78. The highest BCUT2D eigenvalue weighted by molar-refractivity contribution is 7.90. The Morgan fingerprint density at radius 3 is 2.27 bits per heavy atom. The Labute approximate surface area is 174 Å². The molecule has 0 saturated carbocycles. The highest BCUT2D eigenvalue weighted by atomic mass is 32.2. The van der Waals surface area contributed by atoms with Crippen LogP contribution in [0.15, 0.2) is 30.3 Å². The molecule has 0 aromatic heterocycles. The van der Waals surface area contributed by atoms with Gasteiger partial charge >= 0.3 is 12.1 Å². The van der Waals surface area contributed by atoms with Crippen LogP contribution in [0.5, 0.6) is 0 Å². The molecule has 0 radical (unpaired) electrons. The van der Waals surface area contributed by atoms with Gasteiger partial charge in [-0.2, -0.15) is 5.26 Å². The topological polar surface area (TPSA) is 160 Å². The zero-order chi connectivity index (χ0) is 22.1. The van der Waals surface area contributed by atoms with Crippen LogP contribution < -0.4 is 10.6 Å². The van der Waals surface area contributed by atoms with Gasteiger partial charge in [0.1, 0.15) is 12.6 Å². The highest BCUT2D eigenvalue weighted by Crippen LogP contribution is 2.09. The molecular weight excluding hydrogens is 414 g/mol. The number of sulfone groups is 1. The van der Waals surface area contributed by atoms with Crippen molar-refractivity contribution in [2.45, 2.75) is 11.8 Å². The van der Waals surface area contributed by atoms with Gasteiger partial charge in [-0.1, -0.05) is 30.3 Å². The first-order valence-electron chi connectivity index (χ1n) is 9.14. The number of urea groups is 1. The van der Waals surface area contributed by atoms with Crippen LogP contribution in [0.3, 0.4) is 0 Å². The molecule has 0 spiro atoms. The summed E-state index contributed by atoms with van der Waals surface area (Å²) in [7, 11) is -3.76. The number of hydrogen-bond acceptors (Lipinski definition) is 6. The SMILES string of the molecule is N#CCNC(=O)[C@H](CS(=O)(=O)Cc1ccccc1)NC(=O)N1CCN(C(=O)O)CC1. The quantitative estimate of drug-likeness (QED) is 0.490. The summed E-state index contributed by atoms with van der Waals surface area (Å²) in [6.07, 6.45) is -1.09. The zero-order valence-electron chi connectivity index (χ0n) is 16.2. The van der Waals surface area contributed by atoms with Crippen LogP contribution >= 0.6 is 0 Å². The third kappa shape index (κ3) is 6.93. The van der Waals surface area contributed by atoms with Crippen molar-refractivity contribution in [1.29, 1.82) is 5.26 Å². The predicted molar refractivity (Wildman–Crippen MR) is 106 cm³/mol. The summed E-state index contributed by atoms with van der Waals surface area (Å²) in [5.74, 6) is -1.73. The first-order chi connectivity index (χ1) is 14.2. The number of benzene rings is 1. The van der Waals surface area contributed by atoms with Gasteiger partial charge in [-0.25, -0.2) is 18.0 Å². The molecule has 4 amide bonds. The van der Waals surface area contributed by atoms with Crippen molar-refractivity contribution in [1.82, 2.24) is 20.4 Å². The van der Waals surface area contributed by atoms with Gasteiger partial charge in [-0.15, -0.1) is 0 Å². The van der Waals surface area contributed by atoms with E-state index >= 15 is 0 Å². The lowest BCUT2D eigenvalue weighted by Crippen LogP contribution is -2.58. The average molecular weight is 437 g/mol. The van der Waals surface area contributed by atoms with E-state index in [0.29, 0.717) is 5.56 Å². The number of piperazine rings is 1. The number of nitrogens with zero attached hydrogens (tertiary/aromatic N) is 3. The van der Waals surface area contributed by atoms with E-state index in [1.807, 2.05) is 0 Å². The van der Waals surface area contributed by atoms with Gasteiger partial charge in [-0.05, 0) is 5.56 Å². The summed E-state index contributed by atoms with van der Waals surface area (Å²) in [5, 5.41) is 22.3. The number of carbonyl (C=O) groups is 3. The molecule has 1 heterocycles. The van der Waals surface area contributed by atoms with E-state index in [9.17, 15) is 22.8 Å². The van der Waals surface area contributed by atoms with Gasteiger partial charge in [0.05, 0.1) is 17.6 Å². The molecule has 1 fully saturated rings. The molecule has 11 nitrogen and oxygen atoms in total. The van der Waals surface area contributed by atoms with Crippen LogP contribution in [-0.4, -0.2) is 85.9 Å². The molecule has 30 heavy (non-hydrogen) atoms. The molecular formula is C18H23N5O6S. The third-order valence-corrected chi connectivity index (χ3v) is 6.06. The molecule has 1 saturated heterocycles. The van der Waals surface area contributed by atoms with E-state index in [0.717, 1.165) is 4.90 Å². The van der Waals surface area contributed by atoms with Gasteiger partial charge in [-0.3, -0.25) is 4.79 Å². The number of amides is 4. The van der Waals surface area contributed by atoms with Crippen molar-refractivity contribution >= 4 is 27.9 Å². The van der Waals surface area contributed by atoms with Crippen LogP contribution in [0.2, 0.25) is 0 Å². The minimum absolute atomic E-state index is 0.111. The molecule has 1 aliphatic rings. The normalized spacial score (nSPS) is 15.0. The highest BCUT2D eigenvalue weighted by Gasteiger charge is 2.30. The number of carboxylic acid groups (broad SMARTS) is 1. The molecule has 1 aromatic rings. The summed E-state index contributed by atoms with van der Waals surface area (Å²) in [6.45, 7) is 0.116. The lowest BCUT2D eigenvalue weighted by molar-refractivity contribution is -0.122. The number of nitrogens with one attached hydrogen (secondary N) is 2. The van der Waals surface area contributed by atoms with Crippen molar-refractivity contribution in [2.75, 3.05) is 38.5 Å². The summed E-state index contributed by atoms with van der Waals surface area (Å²) in [5.41, 5.74) is 0.546.